The van der Waals surface area contributed by atoms with E-state index in [-0.39, 0.29) is 11.4 Å². The summed E-state index contributed by atoms with van der Waals surface area (Å²) >= 11 is 8.67. The van der Waals surface area contributed by atoms with E-state index in [4.69, 9.17) is 11.6 Å². The van der Waals surface area contributed by atoms with Gasteiger partial charge in [-0.3, -0.25) is 14.9 Å². The lowest BCUT2D eigenvalue weighted by molar-refractivity contribution is -0.384. The minimum Gasteiger partial charge on any atom is -0.319 e. The van der Waals surface area contributed by atoms with Gasteiger partial charge in [0.1, 0.15) is 11.1 Å². The fraction of sp³-hybridized carbons (Fsp3) is 0.222. The Labute approximate surface area is 105 Å². The minimum atomic E-state index is -0.747. The monoisotopic (exact) mass is 306 g/mol. The van der Waals surface area contributed by atoms with E-state index in [1.165, 1.54) is 19.1 Å². The van der Waals surface area contributed by atoms with Gasteiger partial charge in [-0.1, -0.05) is 15.9 Å². The third-order valence-electron chi connectivity index (χ3n) is 1.78. The van der Waals surface area contributed by atoms with E-state index < -0.39 is 16.2 Å². The van der Waals surface area contributed by atoms with Crippen LogP contribution in [0.15, 0.2) is 22.7 Å². The lowest BCUT2D eigenvalue weighted by Gasteiger charge is -2.07. The third kappa shape index (κ3) is 3.18. The summed E-state index contributed by atoms with van der Waals surface area (Å²) in [5.74, 6) is -0.480. The zero-order valence-corrected chi connectivity index (χ0v) is 10.6. The Balaban J connectivity index is 3.04. The molecule has 0 aliphatic carbocycles. The smallest absolute Gasteiger partial charge is 0.293 e. The highest BCUT2D eigenvalue weighted by Crippen LogP contribution is 2.28. The van der Waals surface area contributed by atoms with E-state index in [0.29, 0.717) is 4.47 Å². The number of alkyl halides is 1. The number of nitrogens with one attached hydrogen (secondary N) is 1. The predicted molar refractivity (Wildman–Crippen MR) is 64.7 cm³/mol. The Kier molecular flexibility index (Phi) is 4.26. The molecule has 0 aromatic heterocycles. The van der Waals surface area contributed by atoms with E-state index in [1.807, 2.05) is 0 Å². The SMILES string of the molecule is C[C@H](Cl)C(=O)Nc1ccc(Br)cc1[N+](=O)[O-]. The zero-order valence-electron chi connectivity index (χ0n) is 8.24. The number of carbonyl (C=O) groups excluding carboxylic acids is 1. The average Bonchev–Trinajstić information content (AvgIpc) is 2.20. The first kappa shape index (κ1) is 12.9. The number of rotatable bonds is 3. The van der Waals surface area contributed by atoms with Crippen LogP contribution in [0.4, 0.5) is 11.4 Å². The summed E-state index contributed by atoms with van der Waals surface area (Å²) in [5.41, 5.74) is -0.0502. The Bertz CT molecular complexity index is 437. The summed E-state index contributed by atoms with van der Waals surface area (Å²) in [6.45, 7) is 1.49. The summed E-state index contributed by atoms with van der Waals surface area (Å²) in [5, 5.41) is 12.4. The maximum atomic E-state index is 11.3. The van der Waals surface area contributed by atoms with Crippen molar-refractivity contribution < 1.29 is 9.72 Å². The first-order chi connectivity index (χ1) is 7.41. The van der Waals surface area contributed by atoms with Crippen molar-refractivity contribution in [3.8, 4) is 0 Å². The normalized spacial score (nSPS) is 11.9. The molecule has 0 spiro atoms. The number of hydrogen-bond donors (Lipinski definition) is 1. The first-order valence-corrected chi connectivity index (χ1v) is 5.53. The Morgan fingerprint density at radius 2 is 2.25 bits per heavy atom. The fourth-order valence-corrected chi connectivity index (χ4v) is 1.40. The molecule has 0 saturated carbocycles. The molecule has 1 aromatic carbocycles. The summed E-state index contributed by atoms with van der Waals surface area (Å²) in [6, 6.07) is 4.36. The molecule has 0 bridgehead atoms. The predicted octanol–water partition coefficient (Wildman–Crippen LogP) is 2.92. The van der Waals surface area contributed by atoms with Crippen LogP contribution in [0.2, 0.25) is 0 Å². The molecule has 1 N–H and O–H groups in total. The standard InChI is InChI=1S/C9H8BrClN2O3/c1-5(11)9(14)12-7-3-2-6(10)4-8(7)13(15)16/h2-5H,1H3,(H,12,14)/t5-/m0/s1. The molecule has 86 valence electrons. The number of carbonyl (C=O) groups is 1. The Morgan fingerprint density at radius 1 is 1.62 bits per heavy atom. The van der Waals surface area contributed by atoms with Crippen molar-refractivity contribution in [3.05, 3.63) is 32.8 Å². The van der Waals surface area contributed by atoms with Crippen LogP contribution in [0.1, 0.15) is 6.92 Å². The fourth-order valence-electron chi connectivity index (χ4n) is 0.994. The molecule has 1 atom stereocenters. The topological polar surface area (TPSA) is 72.2 Å². The van der Waals surface area contributed by atoms with Gasteiger partial charge in [0.25, 0.3) is 5.69 Å². The van der Waals surface area contributed by atoms with Crippen molar-refractivity contribution in [1.29, 1.82) is 0 Å². The molecule has 0 saturated heterocycles. The van der Waals surface area contributed by atoms with Gasteiger partial charge < -0.3 is 5.32 Å². The highest BCUT2D eigenvalue weighted by Gasteiger charge is 2.18. The minimum absolute atomic E-state index is 0.130. The second kappa shape index (κ2) is 5.27. The van der Waals surface area contributed by atoms with Crippen molar-refractivity contribution in [2.24, 2.45) is 0 Å². The lowest BCUT2D eigenvalue weighted by atomic mass is 10.2. The van der Waals surface area contributed by atoms with Crippen LogP contribution in [-0.2, 0) is 4.79 Å². The largest absolute Gasteiger partial charge is 0.319 e. The zero-order chi connectivity index (χ0) is 12.3. The maximum absolute atomic E-state index is 11.3. The van der Waals surface area contributed by atoms with Gasteiger partial charge in [-0.05, 0) is 19.1 Å². The summed E-state index contributed by atoms with van der Waals surface area (Å²) in [4.78, 5) is 21.5. The molecule has 0 unspecified atom stereocenters. The molecule has 0 heterocycles. The quantitative estimate of drug-likeness (QED) is 0.530. The van der Waals surface area contributed by atoms with E-state index in [1.54, 1.807) is 6.07 Å². The molecule has 5 nitrogen and oxygen atoms in total. The molecule has 0 aliphatic rings. The van der Waals surface area contributed by atoms with E-state index in [9.17, 15) is 14.9 Å². The lowest BCUT2D eigenvalue weighted by Crippen LogP contribution is -2.20. The van der Waals surface area contributed by atoms with Gasteiger partial charge >= 0.3 is 0 Å². The van der Waals surface area contributed by atoms with Gasteiger partial charge in [-0.25, -0.2) is 0 Å². The Hall–Kier alpha value is -1.14. The van der Waals surface area contributed by atoms with Gasteiger partial charge in [0, 0.05) is 10.5 Å². The van der Waals surface area contributed by atoms with Gasteiger partial charge in [-0.15, -0.1) is 11.6 Å². The van der Waals surface area contributed by atoms with Crippen LogP contribution >= 0.6 is 27.5 Å². The summed E-state index contributed by atoms with van der Waals surface area (Å²) < 4.78 is 0.566. The second-order valence-electron chi connectivity index (χ2n) is 3.02. The number of amides is 1. The molecule has 0 radical (unpaired) electrons. The highest BCUT2D eigenvalue weighted by molar-refractivity contribution is 9.10. The molecule has 0 aliphatic heterocycles. The molecule has 0 fully saturated rings. The van der Waals surface area contributed by atoms with Crippen LogP contribution in [0.25, 0.3) is 0 Å². The van der Waals surface area contributed by atoms with Crippen molar-refractivity contribution in [2.75, 3.05) is 5.32 Å². The second-order valence-corrected chi connectivity index (χ2v) is 4.59. The number of anilines is 1. The number of hydrogen-bond acceptors (Lipinski definition) is 3. The summed E-state index contributed by atoms with van der Waals surface area (Å²) in [7, 11) is 0. The Morgan fingerprint density at radius 3 is 2.75 bits per heavy atom. The third-order valence-corrected chi connectivity index (χ3v) is 2.47. The van der Waals surface area contributed by atoms with E-state index in [0.717, 1.165) is 0 Å². The van der Waals surface area contributed by atoms with Crippen molar-refractivity contribution in [3.63, 3.8) is 0 Å². The van der Waals surface area contributed by atoms with E-state index >= 15 is 0 Å². The van der Waals surface area contributed by atoms with Gasteiger partial charge in [-0.2, -0.15) is 0 Å². The number of halogens is 2. The molecule has 16 heavy (non-hydrogen) atoms. The van der Waals surface area contributed by atoms with Crippen molar-refractivity contribution in [2.45, 2.75) is 12.3 Å². The van der Waals surface area contributed by atoms with Crippen molar-refractivity contribution >= 4 is 44.8 Å². The first-order valence-electron chi connectivity index (χ1n) is 4.30. The molecule has 1 amide bonds. The van der Waals surface area contributed by atoms with Gasteiger partial charge in [0.15, 0.2) is 0 Å². The van der Waals surface area contributed by atoms with Gasteiger partial charge in [0.2, 0.25) is 5.91 Å². The van der Waals surface area contributed by atoms with Crippen LogP contribution in [0.3, 0.4) is 0 Å². The van der Waals surface area contributed by atoms with Crippen LogP contribution in [0, 0.1) is 10.1 Å². The van der Waals surface area contributed by atoms with E-state index in [2.05, 4.69) is 21.2 Å². The number of nitrogens with zero attached hydrogens (tertiary/aromatic N) is 1. The highest BCUT2D eigenvalue weighted by atomic mass is 79.9. The molecule has 1 aromatic rings. The number of nitro groups is 1. The number of nitro benzene ring substituents is 1. The number of benzene rings is 1. The molecule has 7 heteroatoms. The van der Waals surface area contributed by atoms with Crippen LogP contribution in [0.5, 0.6) is 0 Å². The summed E-state index contributed by atoms with van der Waals surface area (Å²) in [6.07, 6.45) is 0. The van der Waals surface area contributed by atoms with Crippen LogP contribution in [-0.4, -0.2) is 16.2 Å². The molecular weight excluding hydrogens is 299 g/mol. The maximum Gasteiger partial charge on any atom is 0.293 e. The molecule has 1 rings (SSSR count). The molecular formula is C9H8BrClN2O3. The van der Waals surface area contributed by atoms with Gasteiger partial charge in [0.05, 0.1) is 4.92 Å². The van der Waals surface area contributed by atoms with Crippen LogP contribution < -0.4 is 5.32 Å². The van der Waals surface area contributed by atoms with Crippen molar-refractivity contribution in [1.82, 2.24) is 0 Å². The average molecular weight is 308 g/mol.